The molecule has 1 aliphatic carbocycles. The van der Waals surface area contributed by atoms with Gasteiger partial charge >= 0.3 is 6.09 Å². The van der Waals surface area contributed by atoms with Gasteiger partial charge in [-0.2, -0.15) is 0 Å². The summed E-state index contributed by atoms with van der Waals surface area (Å²) in [4.78, 5) is 17.6. The quantitative estimate of drug-likeness (QED) is 0.741. The molecule has 1 saturated carbocycles. The lowest BCUT2D eigenvalue weighted by atomic mass is 9.64. The Morgan fingerprint density at radius 3 is 2.38 bits per heavy atom. The van der Waals surface area contributed by atoms with Crippen molar-refractivity contribution in [2.24, 2.45) is 5.41 Å². The highest BCUT2D eigenvalue weighted by Crippen LogP contribution is 2.50. The molecule has 0 atom stereocenters. The molecule has 3 fully saturated rings. The summed E-state index contributed by atoms with van der Waals surface area (Å²) >= 11 is 0. The summed E-state index contributed by atoms with van der Waals surface area (Å²) in [5.41, 5.74) is 0.241. The number of rotatable bonds is 6. The van der Waals surface area contributed by atoms with Crippen molar-refractivity contribution in [1.82, 2.24) is 14.7 Å². The highest BCUT2D eigenvalue weighted by atomic mass is 32.2. The lowest BCUT2D eigenvalue weighted by Gasteiger charge is -2.52. The average molecular weight is 388 g/mol. The number of hydrogen-bond acceptors (Lipinski definition) is 5. The SMILES string of the molecule is CCN(CCS(C)(=O)=O)C1CCN(C2CC3(CCN(C(=O)O)C3)C2)CC1. The molecular weight excluding hydrogens is 354 g/mol. The Morgan fingerprint density at radius 2 is 1.88 bits per heavy atom. The van der Waals surface area contributed by atoms with Crippen molar-refractivity contribution < 1.29 is 18.3 Å². The molecule has 1 N–H and O–H groups in total. The van der Waals surface area contributed by atoms with Gasteiger partial charge in [-0.25, -0.2) is 13.2 Å². The van der Waals surface area contributed by atoms with E-state index in [1.807, 2.05) is 0 Å². The van der Waals surface area contributed by atoms with Crippen molar-refractivity contribution in [2.75, 3.05) is 51.3 Å². The predicted octanol–water partition coefficient (Wildman–Crippen LogP) is 1.35. The fraction of sp³-hybridized carbons (Fsp3) is 0.944. The van der Waals surface area contributed by atoms with E-state index in [9.17, 15) is 13.2 Å². The summed E-state index contributed by atoms with van der Waals surface area (Å²) in [5, 5.41) is 9.15. The Bertz CT molecular complexity index is 610. The van der Waals surface area contributed by atoms with Gasteiger partial charge in [0.1, 0.15) is 9.84 Å². The van der Waals surface area contributed by atoms with Gasteiger partial charge in [0.05, 0.1) is 5.75 Å². The molecule has 0 aromatic carbocycles. The van der Waals surface area contributed by atoms with Crippen LogP contribution in [-0.4, -0.2) is 97.7 Å². The van der Waals surface area contributed by atoms with Crippen LogP contribution in [0.25, 0.3) is 0 Å². The van der Waals surface area contributed by atoms with Crippen LogP contribution in [0.4, 0.5) is 4.79 Å². The molecule has 0 aromatic heterocycles. The monoisotopic (exact) mass is 387 g/mol. The normalized spacial score (nSPS) is 30.9. The van der Waals surface area contributed by atoms with E-state index in [-0.39, 0.29) is 11.2 Å². The highest BCUT2D eigenvalue weighted by molar-refractivity contribution is 7.90. The first kappa shape index (κ1) is 19.9. The Labute approximate surface area is 157 Å². The number of carboxylic acid groups (broad SMARTS) is 1. The maximum atomic E-state index is 11.4. The predicted molar refractivity (Wildman–Crippen MR) is 101 cm³/mol. The lowest BCUT2D eigenvalue weighted by Crippen LogP contribution is -2.56. The Hall–Kier alpha value is -0.860. The Morgan fingerprint density at radius 1 is 1.23 bits per heavy atom. The second-order valence-corrected chi connectivity index (χ2v) is 10.8. The summed E-state index contributed by atoms with van der Waals surface area (Å²) in [5.74, 6) is 0.242. The number of hydrogen-bond donors (Lipinski definition) is 1. The summed E-state index contributed by atoms with van der Waals surface area (Å²) < 4.78 is 22.9. The van der Waals surface area contributed by atoms with E-state index in [0.717, 1.165) is 51.7 Å². The van der Waals surface area contributed by atoms with E-state index in [2.05, 4.69) is 16.7 Å². The third-order valence-corrected chi connectivity index (χ3v) is 7.66. The molecule has 2 saturated heterocycles. The summed E-state index contributed by atoms with van der Waals surface area (Å²) in [7, 11) is -2.91. The second kappa shape index (κ2) is 7.64. The van der Waals surface area contributed by atoms with Crippen molar-refractivity contribution in [3.05, 3.63) is 0 Å². The molecule has 150 valence electrons. The van der Waals surface area contributed by atoms with Gasteiger partial charge in [0.2, 0.25) is 0 Å². The van der Waals surface area contributed by atoms with Crippen LogP contribution in [0, 0.1) is 5.41 Å². The third kappa shape index (κ3) is 4.51. The maximum absolute atomic E-state index is 11.4. The fourth-order valence-electron chi connectivity index (χ4n) is 5.13. The second-order valence-electron chi connectivity index (χ2n) is 8.54. The minimum Gasteiger partial charge on any atom is -0.465 e. The van der Waals surface area contributed by atoms with Crippen LogP contribution >= 0.6 is 0 Å². The standard InChI is InChI=1S/C18H33N3O4S/c1-3-19(10-11-26(2,24)25)15-4-7-20(8-5-15)16-12-18(13-16)6-9-21(14-18)17(22)23/h15-16H,3-14H2,1-2H3,(H,22,23). The van der Waals surface area contributed by atoms with Gasteiger partial charge in [-0.15, -0.1) is 0 Å². The molecular formula is C18H33N3O4S. The van der Waals surface area contributed by atoms with E-state index in [1.54, 1.807) is 4.90 Å². The minimum atomic E-state index is -2.91. The molecule has 0 bridgehead atoms. The van der Waals surface area contributed by atoms with Crippen LogP contribution in [0.2, 0.25) is 0 Å². The smallest absolute Gasteiger partial charge is 0.407 e. The van der Waals surface area contributed by atoms with Crippen LogP contribution in [0.1, 0.15) is 39.0 Å². The molecule has 26 heavy (non-hydrogen) atoms. The molecule has 7 nitrogen and oxygen atoms in total. The van der Waals surface area contributed by atoms with Gasteiger partial charge in [0.15, 0.2) is 0 Å². The molecule has 8 heteroatoms. The van der Waals surface area contributed by atoms with Crippen molar-refractivity contribution in [3.63, 3.8) is 0 Å². The van der Waals surface area contributed by atoms with Crippen LogP contribution < -0.4 is 0 Å². The molecule has 3 aliphatic rings. The molecule has 0 radical (unpaired) electrons. The lowest BCUT2D eigenvalue weighted by molar-refractivity contribution is -0.0144. The number of nitrogens with zero attached hydrogens (tertiary/aromatic N) is 3. The number of piperidine rings is 1. The maximum Gasteiger partial charge on any atom is 0.407 e. The topological polar surface area (TPSA) is 81.2 Å². The zero-order valence-electron chi connectivity index (χ0n) is 16.1. The molecule has 1 spiro atoms. The third-order valence-electron chi connectivity index (χ3n) is 6.73. The first-order valence-electron chi connectivity index (χ1n) is 9.85. The van der Waals surface area contributed by atoms with Gasteiger partial charge < -0.3 is 14.9 Å². The molecule has 0 unspecified atom stereocenters. The summed E-state index contributed by atoms with van der Waals surface area (Å²) in [6.45, 7) is 7.20. The Kier molecular flexibility index (Phi) is 5.84. The number of amides is 1. The van der Waals surface area contributed by atoms with Crippen molar-refractivity contribution in [3.8, 4) is 0 Å². The van der Waals surface area contributed by atoms with Crippen LogP contribution in [0.15, 0.2) is 0 Å². The minimum absolute atomic E-state index is 0.241. The molecule has 0 aromatic rings. The van der Waals surface area contributed by atoms with Gasteiger partial charge in [0, 0.05) is 38.0 Å². The van der Waals surface area contributed by atoms with Crippen molar-refractivity contribution >= 4 is 15.9 Å². The Balaban J connectivity index is 1.43. The molecule has 2 aliphatic heterocycles. The van der Waals surface area contributed by atoms with Crippen molar-refractivity contribution in [1.29, 1.82) is 0 Å². The summed E-state index contributed by atoms with van der Waals surface area (Å²) in [6, 6.07) is 1.09. The van der Waals surface area contributed by atoms with E-state index in [1.165, 1.54) is 6.26 Å². The van der Waals surface area contributed by atoms with Gasteiger partial charge in [-0.05, 0) is 57.2 Å². The number of likely N-dealkylation sites (tertiary alicyclic amines) is 2. The first-order chi connectivity index (χ1) is 12.2. The van der Waals surface area contributed by atoms with Gasteiger partial charge in [0.25, 0.3) is 0 Å². The largest absolute Gasteiger partial charge is 0.465 e. The van der Waals surface area contributed by atoms with Crippen LogP contribution in [0.3, 0.4) is 0 Å². The molecule has 1 amide bonds. The first-order valence-corrected chi connectivity index (χ1v) is 11.9. The van der Waals surface area contributed by atoms with E-state index in [4.69, 9.17) is 5.11 Å². The average Bonchev–Trinajstić information content (AvgIpc) is 3.00. The van der Waals surface area contributed by atoms with Crippen molar-refractivity contribution in [2.45, 2.75) is 51.1 Å². The summed E-state index contributed by atoms with van der Waals surface area (Å²) in [6.07, 6.45) is 6.01. The highest BCUT2D eigenvalue weighted by Gasteiger charge is 2.51. The zero-order chi connectivity index (χ0) is 18.9. The van der Waals surface area contributed by atoms with Crippen LogP contribution in [0.5, 0.6) is 0 Å². The number of sulfone groups is 1. The molecule has 3 rings (SSSR count). The number of carbonyl (C=O) groups is 1. The van der Waals surface area contributed by atoms with E-state index >= 15 is 0 Å². The fourth-order valence-corrected chi connectivity index (χ4v) is 5.69. The van der Waals surface area contributed by atoms with E-state index < -0.39 is 15.9 Å². The van der Waals surface area contributed by atoms with Crippen LogP contribution in [-0.2, 0) is 9.84 Å². The van der Waals surface area contributed by atoms with E-state index in [0.29, 0.717) is 31.7 Å². The van der Waals surface area contributed by atoms with Gasteiger partial charge in [-0.3, -0.25) is 4.90 Å². The molecule has 2 heterocycles. The zero-order valence-corrected chi connectivity index (χ0v) is 16.9. The van der Waals surface area contributed by atoms with Gasteiger partial charge in [-0.1, -0.05) is 6.92 Å².